The lowest BCUT2D eigenvalue weighted by molar-refractivity contribution is -0.143. The van der Waals surface area contributed by atoms with E-state index in [0.717, 1.165) is 24.6 Å². The maximum atomic E-state index is 12.7. The minimum Gasteiger partial charge on any atom is -0.452 e. The number of ether oxygens (including phenoxy) is 1. The number of carbonyl (C=O) groups is 3. The number of benzene rings is 1. The van der Waals surface area contributed by atoms with Gasteiger partial charge >= 0.3 is 12.1 Å². The van der Waals surface area contributed by atoms with Crippen LogP contribution in [0.15, 0.2) is 24.3 Å². The summed E-state index contributed by atoms with van der Waals surface area (Å²) < 4.78 is 42.7. The molecular formula is C16H17F3N2O4. The predicted octanol–water partition coefficient (Wildman–Crippen LogP) is 1.73. The van der Waals surface area contributed by atoms with Crippen LogP contribution >= 0.6 is 0 Å². The van der Waals surface area contributed by atoms with Crippen LogP contribution in [-0.2, 0) is 20.5 Å². The molecule has 0 aromatic heterocycles. The number of esters is 1. The average Bonchev–Trinajstić information content (AvgIpc) is 2.58. The van der Waals surface area contributed by atoms with Crippen LogP contribution in [0.4, 0.5) is 13.2 Å². The molecule has 0 aliphatic carbocycles. The van der Waals surface area contributed by atoms with Gasteiger partial charge in [0.25, 0.3) is 5.91 Å². The van der Waals surface area contributed by atoms with E-state index in [2.05, 4.69) is 0 Å². The third-order valence-corrected chi connectivity index (χ3v) is 3.90. The highest BCUT2D eigenvalue weighted by Gasteiger charge is 2.32. The summed E-state index contributed by atoms with van der Waals surface area (Å²) in [5.74, 6) is -2.30. The van der Waals surface area contributed by atoms with Crippen molar-refractivity contribution in [3.8, 4) is 0 Å². The van der Waals surface area contributed by atoms with Gasteiger partial charge in [0.05, 0.1) is 11.1 Å². The molecule has 0 unspecified atom stereocenters. The second-order valence-corrected chi connectivity index (χ2v) is 5.66. The van der Waals surface area contributed by atoms with Gasteiger partial charge in [0.2, 0.25) is 5.91 Å². The Balaban J connectivity index is 1.99. The molecule has 0 bridgehead atoms. The predicted molar refractivity (Wildman–Crippen MR) is 80.3 cm³/mol. The first-order chi connectivity index (χ1) is 11.7. The van der Waals surface area contributed by atoms with Crippen LogP contribution in [0.25, 0.3) is 0 Å². The van der Waals surface area contributed by atoms with Gasteiger partial charge < -0.3 is 15.4 Å². The summed E-state index contributed by atoms with van der Waals surface area (Å²) >= 11 is 0. The Morgan fingerprint density at radius 1 is 1.24 bits per heavy atom. The molecule has 2 N–H and O–H groups in total. The number of hydrogen-bond donors (Lipinski definition) is 1. The van der Waals surface area contributed by atoms with E-state index in [0.29, 0.717) is 25.5 Å². The number of piperidine rings is 1. The number of carbonyl (C=O) groups excluding carboxylic acids is 3. The summed E-state index contributed by atoms with van der Waals surface area (Å²) in [7, 11) is 0. The van der Waals surface area contributed by atoms with Gasteiger partial charge in [-0.05, 0) is 37.5 Å². The summed E-state index contributed by atoms with van der Waals surface area (Å²) in [6, 6.07) is 2.96. The number of rotatable bonds is 4. The summed E-state index contributed by atoms with van der Waals surface area (Å²) in [6.07, 6.45) is -2.71. The molecule has 1 aliphatic rings. The van der Waals surface area contributed by atoms with Gasteiger partial charge in [-0.25, -0.2) is 4.79 Å². The Morgan fingerprint density at radius 2 is 1.96 bits per heavy atom. The van der Waals surface area contributed by atoms with Gasteiger partial charge in [-0.1, -0.05) is 6.07 Å². The van der Waals surface area contributed by atoms with Crippen molar-refractivity contribution in [3.05, 3.63) is 35.4 Å². The summed E-state index contributed by atoms with van der Waals surface area (Å²) in [5, 5.41) is 0. The molecule has 2 amide bonds. The van der Waals surface area contributed by atoms with Crippen LogP contribution < -0.4 is 5.73 Å². The Morgan fingerprint density at radius 3 is 2.60 bits per heavy atom. The van der Waals surface area contributed by atoms with E-state index < -0.39 is 42.2 Å². The van der Waals surface area contributed by atoms with E-state index in [1.54, 1.807) is 0 Å². The quantitative estimate of drug-likeness (QED) is 0.830. The van der Waals surface area contributed by atoms with E-state index in [-0.39, 0.29) is 5.56 Å². The van der Waals surface area contributed by atoms with Crippen LogP contribution in [0, 0.1) is 0 Å². The molecule has 136 valence electrons. The fraction of sp³-hybridized carbons (Fsp3) is 0.438. The van der Waals surface area contributed by atoms with Crippen molar-refractivity contribution in [2.24, 2.45) is 5.73 Å². The van der Waals surface area contributed by atoms with Crippen molar-refractivity contribution < 1.29 is 32.3 Å². The Labute approximate surface area is 141 Å². The highest BCUT2D eigenvalue weighted by Crippen LogP contribution is 2.29. The molecule has 0 saturated carbocycles. The number of primary amides is 1. The second kappa shape index (κ2) is 7.54. The van der Waals surface area contributed by atoms with Gasteiger partial charge in [-0.2, -0.15) is 13.2 Å². The van der Waals surface area contributed by atoms with Gasteiger partial charge in [0.15, 0.2) is 6.61 Å². The number of alkyl halides is 3. The largest absolute Gasteiger partial charge is 0.452 e. The molecule has 1 aromatic carbocycles. The average molecular weight is 358 g/mol. The normalized spacial score (nSPS) is 17.9. The molecule has 1 saturated heterocycles. The fourth-order valence-electron chi connectivity index (χ4n) is 2.64. The zero-order valence-corrected chi connectivity index (χ0v) is 13.2. The smallest absolute Gasteiger partial charge is 0.416 e. The van der Waals surface area contributed by atoms with Crippen LogP contribution in [0.5, 0.6) is 0 Å². The number of likely N-dealkylation sites (tertiary alicyclic amines) is 1. The lowest BCUT2D eigenvalue weighted by atomic mass is 10.0. The molecule has 0 spiro atoms. The molecule has 6 nitrogen and oxygen atoms in total. The van der Waals surface area contributed by atoms with Crippen LogP contribution in [-0.4, -0.2) is 41.9 Å². The summed E-state index contributed by atoms with van der Waals surface area (Å²) in [4.78, 5) is 36.6. The van der Waals surface area contributed by atoms with E-state index in [1.165, 1.54) is 4.90 Å². The molecule has 2 rings (SSSR count). The molecule has 0 radical (unpaired) electrons. The molecule has 1 aliphatic heterocycles. The van der Waals surface area contributed by atoms with Gasteiger partial charge in [-0.3, -0.25) is 9.59 Å². The van der Waals surface area contributed by atoms with E-state index in [4.69, 9.17) is 10.5 Å². The van der Waals surface area contributed by atoms with E-state index in [1.807, 2.05) is 0 Å². The number of hydrogen-bond acceptors (Lipinski definition) is 4. The third-order valence-electron chi connectivity index (χ3n) is 3.90. The van der Waals surface area contributed by atoms with E-state index >= 15 is 0 Å². The number of halogens is 3. The molecule has 1 atom stereocenters. The van der Waals surface area contributed by atoms with Crippen molar-refractivity contribution in [1.29, 1.82) is 0 Å². The minimum atomic E-state index is -4.59. The molecule has 25 heavy (non-hydrogen) atoms. The summed E-state index contributed by atoms with van der Waals surface area (Å²) in [5.41, 5.74) is 3.95. The lowest BCUT2D eigenvalue weighted by Gasteiger charge is -2.33. The Bertz CT molecular complexity index is 676. The van der Waals surface area contributed by atoms with Gasteiger partial charge in [0, 0.05) is 6.54 Å². The van der Waals surface area contributed by atoms with Crippen molar-refractivity contribution in [1.82, 2.24) is 4.90 Å². The highest BCUT2D eigenvalue weighted by atomic mass is 19.4. The fourth-order valence-corrected chi connectivity index (χ4v) is 2.64. The Kier molecular flexibility index (Phi) is 5.66. The van der Waals surface area contributed by atoms with Crippen molar-refractivity contribution in [2.75, 3.05) is 13.2 Å². The first-order valence-electron chi connectivity index (χ1n) is 7.63. The highest BCUT2D eigenvalue weighted by molar-refractivity contribution is 5.92. The maximum Gasteiger partial charge on any atom is 0.416 e. The monoisotopic (exact) mass is 358 g/mol. The Hall–Kier alpha value is -2.58. The number of nitrogens with two attached hydrogens (primary N) is 1. The van der Waals surface area contributed by atoms with Crippen LogP contribution in [0.3, 0.4) is 0 Å². The van der Waals surface area contributed by atoms with Crippen molar-refractivity contribution in [2.45, 2.75) is 31.5 Å². The van der Waals surface area contributed by atoms with Crippen LogP contribution in [0.1, 0.15) is 35.2 Å². The van der Waals surface area contributed by atoms with Crippen molar-refractivity contribution in [3.63, 3.8) is 0 Å². The third kappa shape index (κ3) is 4.71. The molecule has 1 fully saturated rings. The number of nitrogens with zero attached hydrogens (tertiary/aromatic N) is 1. The lowest BCUT2D eigenvalue weighted by Crippen LogP contribution is -2.51. The zero-order chi connectivity index (χ0) is 18.6. The maximum absolute atomic E-state index is 12.7. The molecular weight excluding hydrogens is 341 g/mol. The SMILES string of the molecule is NC(=O)[C@H]1CCCCN1C(=O)COC(=O)c1cccc(C(F)(F)F)c1. The first-order valence-corrected chi connectivity index (χ1v) is 7.63. The number of amides is 2. The minimum absolute atomic E-state index is 0.312. The topological polar surface area (TPSA) is 89.7 Å². The van der Waals surface area contributed by atoms with Gasteiger partial charge in [-0.15, -0.1) is 0 Å². The molecule has 1 aromatic rings. The van der Waals surface area contributed by atoms with Gasteiger partial charge in [0.1, 0.15) is 6.04 Å². The van der Waals surface area contributed by atoms with Crippen LogP contribution in [0.2, 0.25) is 0 Å². The zero-order valence-electron chi connectivity index (χ0n) is 13.2. The molecule has 1 heterocycles. The standard InChI is InChI=1S/C16H17F3N2O4/c17-16(18,19)11-5-3-4-10(8-11)15(24)25-9-13(22)21-7-2-1-6-12(21)14(20)23/h3-5,8,12H,1-2,6-7,9H2,(H2,20,23)/t12-/m1/s1. The second-order valence-electron chi connectivity index (χ2n) is 5.66. The molecule has 9 heteroatoms. The first kappa shape index (κ1) is 18.8. The van der Waals surface area contributed by atoms with E-state index in [9.17, 15) is 27.6 Å². The summed E-state index contributed by atoms with van der Waals surface area (Å²) in [6.45, 7) is -0.355. The van der Waals surface area contributed by atoms with Crippen molar-refractivity contribution >= 4 is 17.8 Å².